The van der Waals surface area contributed by atoms with Gasteiger partial charge in [-0.2, -0.15) is 0 Å². The number of rotatable bonds is 4. The second-order valence-electron chi connectivity index (χ2n) is 5.78. The summed E-state index contributed by atoms with van der Waals surface area (Å²) in [6.45, 7) is 1.66. The van der Waals surface area contributed by atoms with Gasteiger partial charge in [-0.05, 0) is 30.7 Å². The van der Waals surface area contributed by atoms with Crippen LogP contribution in [0.4, 0.5) is 5.69 Å². The Kier molecular flexibility index (Phi) is 4.16. The van der Waals surface area contributed by atoms with E-state index in [0.717, 1.165) is 28.6 Å². The first-order valence-electron chi connectivity index (χ1n) is 7.23. The molecule has 0 bridgehead atoms. The minimum absolute atomic E-state index is 0.175. The number of fused-ring (bicyclic) bond motifs is 1. The number of non-ortho nitro benzene ring substituents is 1. The van der Waals surface area contributed by atoms with E-state index in [2.05, 4.69) is 15.9 Å². The number of nitrogens with zero attached hydrogens (tertiary/aromatic N) is 2. The third-order valence-electron chi connectivity index (χ3n) is 4.22. The molecule has 9 heteroatoms. The Labute approximate surface area is 152 Å². The van der Waals surface area contributed by atoms with Crippen molar-refractivity contribution < 1.29 is 18.1 Å². The van der Waals surface area contributed by atoms with E-state index < -0.39 is 26.4 Å². The Morgan fingerprint density at radius 3 is 2.32 bits per heavy atom. The highest BCUT2D eigenvalue weighted by molar-refractivity contribution is 9.09. The summed E-state index contributed by atoms with van der Waals surface area (Å²) in [5, 5.41) is 11.0. The number of alkyl halides is 1. The number of nitro groups is 1. The lowest BCUT2D eigenvalue weighted by Gasteiger charge is -2.33. The van der Waals surface area contributed by atoms with Gasteiger partial charge in [-0.15, -0.1) is 0 Å². The molecule has 2 aromatic rings. The number of carbonyl (C=O) groups excluding carboxylic acids is 1. The molecule has 130 valence electrons. The van der Waals surface area contributed by atoms with Gasteiger partial charge in [0, 0.05) is 23.0 Å². The largest absolute Gasteiger partial charge is 0.269 e. The number of benzene rings is 2. The zero-order valence-electron chi connectivity index (χ0n) is 13.0. The fourth-order valence-corrected chi connectivity index (χ4v) is 5.35. The van der Waals surface area contributed by atoms with Crippen LogP contribution in [-0.4, -0.2) is 28.9 Å². The predicted molar refractivity (Wildman–Crippen MR) is 94.0 cm³/mol. The fourth-order valence-electron chi connectivity index (χ4n) is 2.93. The van der Waals surface area contributed by atoms with E-state index in [1.54, 1.807) is 31.2 Å². The van der Waals surface area contributed by atoms with Gasteiger partial charge in [-0.25, -0.2) is 12.7 Å². The molecule has 7 nitrogen and oxygen atoms in total. The van der Waals surface area contributed by atoms with Gasteiger partial charge in [0.15, 0.2) is 0 Å². The molecule has 2 aromatic carbocycles. The van der Waals surface area contributed by atoms with E-state index in [1.807, 2.05) is 0 Å². The number of hydrogen-bond acceptors (Lipinski definition) is 5. The first-order chi connectivity index (χ1) is 11.7. The summed E-state index contributed by atoms with van der Waals surface area (Å²) >= 11 is 3.32. The second-order valence-corrected chi connectivity index (χ2v) is 8.13. The number of nitro benzene ring substituents is 1. The standard InChI is InChI=1S/C16H13BrN2O5S/c1-16(10-17)14-5-3-2-4-13(14)15(20)18(16)25(23,24)12-8-6-11(7-9-12)19(21)22/h2-9H,10H2,1H3/t16-/m0/s1. The van der Waals surface area contributed by atoms with Gasteiger partial charge >= 0.3 is 0 Å². The number of carbonyl (C=O) groups is 1. The maximum absolute atomic E-state index is 13.1. The average molecular weight is 425 g/mol. The highest BCUT2D eigenvalue weighted by Crippen LogP contribution is 2.43. The van der Waals surface area contributed by atoms with Crippen LogP contribution in [0.1, 0.15) is 22.8 Å². The van der Waals surface area contributed by atoms with Gasteiger partial charge in [0.05, 0.1) is 15.4 Å². The van der Waals surface area contributed by atoms with Crippen LogP contribution >= 0.6 is 15.9 Å². The monoisotopic (exact) mass is 424 g/mol. The van der Waals surface area contributed by atoms with Crippen molar-refractivity contribution in [2.75, 3.05) is 5.33 Å². The number of hydrogen-bond donors (Lipinski definition) is 0. The molecule has 1 amide bonds. The summed E-state index contributed by atoms with van der Waals surface area (Å²) in [7, 11) is -4.19. The molecule has 0 saturated heterocycles. The van der Waals surface area contributed by atoms with Crippen LogP contribution < -0.4 is 0 Å². The van der Waals surface area contributed by atoms with Crippen molar-refractivity contribution in [2.45, 2.75) is 17.4 Å². The zero-order chi connectivity index (χ0) is 18.4. The Morgan fingerprint density at radius 1 is 1.16 bits per heavy atom. The van der Waals surface area contributed by atoms with E-state index in [-0.39, 0.29) is 15.9 Å². The van der Waals surface area contributed by atoms with Crippen molar-refractivity contribution in [3.8, 4) is 0 Å². The third-order valence-corrected chi connectivity index (χ3v) is 7.23. The van der Waals surface area contributed by atoms with Crippen LogP contribution in [0.15, 0.2) is 53.4 Å². The molecule has 0 N–H and O–H groups in total. The third kappa shape index (κ3) is 2.54. The van der Waals surface area contributed by atoms with Crippen molar-refractivity contribution in [1.29, 1.82) is 0 Å². The first-order valence-corrected chi connectivity index (χ1v) is 9.79. The molecule has 3 rings (SSSR count). The van der Waals surface area contributed by atoms with E-state index in [0.29, 0.717) is 11.1 Å². The lowest BCUT2D eigenvalue weighted by molar-refractivity contribution is -0.384. The first kappa shape index (κ1) is 17.6. The van der Waals surface area contributed by atoms with Crippen molar-refractivity contribution in [2.24, 2.45) is 0 Å². The average Bonchev–Trinajstić information content (AvgIpc) is 2.84. The van der Waals surface area contributed by atoms with Crippen molar-refractivity contribution in [1.82, 2.24) is 4.31 Å². The molecular formula is C16H13BrN2O5S. The summed E-state index contributed by atoms with van der Waals surface area (Å²) in [6.07, 6.45) is 0. The van der Waals surface area contributed by atoms with Crippen LogP contribution in [-0.2, 0) is 15.6 Å². The smallest absolute Gasteiger partial charge is 0.268 e. The van der Waals surface area contributed by atoms with Gasteiger partial charge < -0.3 is 0 Å². The van der Waals surface area contributed by atoms with Crippen molar-refractivity contribution >= 4 is 37.5 Å². The molecule has 25 heavy (non-hydrogen) atoms. The molecule has 1 aliphatic heterocycles. The highest BCUT2D eigenvalue weighted by atomic mass is 79.9. The number of amides is 1. The summed E-state index contributed by atoms with van der Waals surface area (Å²) in [5.74, 6) is -0.615. The van der Waals surface area contributed by atoms with Gasteiger partial charge in [-0.3, -0.25) is 14.9 Å². The Bertz CT molecular complexity index is 974. The highest BCUT2D eigenvalue weighted by Gasteiger charge is 2.51. The number of sulfonamides is 1. The molecule has 0 aromatic heterocycles. The molecule has 1 heterocycles. The summed E-state index contributed by atoms with van der Waals surface area (Å²) in [4.78, 5) is 22.7. The van der Waals surface area contributed by atoms with Crippen LogP contribution in [0.2, 0.25) is 0 Å². The molecule has 1 atom stereocenters. The van der Waals surface area contributed by atoms with E-state index in [9.17, 15) is 23.3 Å². The van der Waals surface area contributed by atoms with Crippen LogP contribution in [0.25, 0.3) is 0 Å². The van der Waals surface area contributed by atoms with Gasteiger partial charge in [0.1, 0.15) is 0 Å². The minimum atomic E-state index is -4.19. The molecule has 1 aliphatic rings. The topological polar surface area (TPSA) is 97.6 Å². The molecular weight excluding hydrogens is 412 g/mol. The lowest BCUT2D eigenvalue weighted by Crippen LogP contribution is -2.46. The second kappa shape index (κ2) is 5.92. The zero-order valence-corrected chi connectivity index (χ0v) is 15.5. The minimum Gasteiger partial charge on any atom is -0.268 e. The van der Waals surface area contributed by atoms with E-state index >= 15 is 0 Å². The van der Waals surface area contributed by atoms with Gasteiger partial charge in [0.25, 0.3) is 21.6 Å². The van der Waals surface area contributed by atoms with Gasteiger partial charge in [0.2, 0.25) is 0 Å². The van der Waals surface area contributed by atoms with E-state index in [4.69, 9.17) is 0 Å². The Hall–Kier alpha value is -2.26. The summed E-state index contributed by atoms with van der Waals surface area (Å²) in [5.41, 5.74) is -0.371. The molecule has 0 saturated carbocycles. The normalized spacial score (nSPS) is 19.8. The maximum atomic E-state index is 13.1. The molecule has 0 radical (unpaired) electrons. The van der Waals surface area contributed by atoms with Crippen LogP contribution in [0, 0.1) is 10.1 Å². The van der Waals surface area contributed by atoms with Crippen molar-refractivity contribution in [3.63, 3.8) is 0 Å². The predicted octanol–water partition coefficient (Wildman–Crippen LogP) is 3.05. The lowest BCUT2D eigenvalue weighted by atomic mass is 9.95. The SMILES string of the molecule is C[C@]1(CBr)c2ccccc2C(=O)N1S(=O)(=O)c1ccc([N+](=O)[O-])cc1. The Morgan fingerprint density at radius 2 is 1.76 bits per heavy atom. The van der Waals surface area contributed by atoms with Crippen molar-refractivity contribution in [3.05, 3.63) is 69.8 Å². The molecule has 0 spiro atoms. The maximum Gasteiger partial charge on any atom is 0.269 e. The van der Waals surface area contributed by atoms with Gasteiger partial charge in [-0.1, -0.05) is 34.1 Å². The molecule has 0 unspecified atom stereocenters. The number of halogens is 1. The van der Waals surface area contributed by atoms with Crippen LogP contribution in [0.5, 0.6) is 0 Å². The van der Waals surface area contributed by atoms with E-state index in [1.165, 1.54) is 0 Å². The fraction of sp³-hybridized carbons (Fsp3) is 0.188. The summed E-state index contributed by atoms with van der Waals surface area (Å²) in [6, 6.07) is 11.2. The summed E-state index contributed by atoms with van der Waals surface area (Å²) < 4.78 is 27.0. The Balaban J connectivity index is 2.14. The molecule has 0 fully saturated rings. The molecule has 0 aliphatic carbocycles. The van der Waals surface area contributed by atoms with Crippen LogP contribution in [0.3, 0.4) is 0 Å². The quantitative estimate of drug-likeness (QED) is 0.426.